The number of thioether (sulfide) groups is 1. The standard InChI is InChI=1S/C18H27N3O2S/c19-14-5-3-13(4-6-14)12-21-17(22)16-2-1-9-20-18(16)23-15-7-10-24-11-8-15/h1-2,9,13-15H,3-8,10-12,19H2,(H,21,22). The van der Waals surface area contributed by atoms with E-state index >= 15 is 0 Å². The number of hydrogen-bond donors (Lipinski definition) is 2. The van der Waals surface area contributed by atoms with Crippen LogP contribution in [0.3, 0.4) is 0 Å². The van der Waals surface area contributed by atoms with Crippen molar-refractivity contribution in [3.05, 3.63) is 23.9 Å². The van der Waals surface area contributed by atoms with Gasteiger partial charge in [0.15, 0.2) is 0 Å². The van der Waals surface area contributed by atoms with Crippen molar-refractivity contribution in [2.24, 2.45) is 11.7 Å². The Labute approximate surface area is 148 Å². The number of nitrogens with zero attached hydrogens (tertiary/aromatic N) is 1. The van der Waals surface area contributed by atoms with Gasteiger partial charge >= 0.3 is 0 Å². The van der Waals surface area contributed by atoms with Crippen molar-refractivity contribution >= 4 is 17.7 Å². The lowest BCUT2D eigenvalue weighted by Crippen LogP contribution is -2.34. The Balaban J connectivity index is 1.55. The maximum absolute atomic E-state index is 12.6. The second kappa shape index (κ2) is 8.72. The quantitative estimate of drug-likeness (QED) is 0.854. The summed E-state index contributed by atoms with van der Waals surface area (Å²) in [5.41, 5.74) is 6.48. The van der Waals surface area contributed by atoms with Gasteiger partial charge in [0.25, 0.3) is 5.91 Å². The topological polar surface area (TPSA) is 77.2 Å². The number of amides is 1. The number of carbonyl (C=O) groups is 1. The molecule has 2 aliphatic rings. The summed E-state index contributed by atoms with van der Waals surface area (Å²) in [4.78, 5) is 16.8. The van der Waals surface area contributed by atoms with Crippen molar-refractivity contribution in [1.82, 2.24) is 10.3 Å². The number of nitrogens with one attached hydrogen (secondary N) is 1. The zero-order valence-corrected chi connectivity index (χ0v) is 14.9. The largest absolute Gasteiger partial charge is 0.474 e. The summed E-state index contributed by atoms with van der Waals surface area (Å²) in [7, 11) is 0. The van der Waals surface area contributed by atoms with Gasteiger partial charge in [0.2, 0.25) is 5.88 Å². The van der Waals surface area contributed by atoms with Gasteiger partial charge in [-0.1, -0.05) is 0 Å². The van der Waals surface area contributed by atoms with Crippen LogP contribution < -0.4 is 15.8 Å². The fourth-order valence-corrected chi connectivity index (χ4v) is 4.40. The van der Waals surface area contributed by atoms with Gasteiger partial charge in [-0.2, -0.15) is 11.8 Å². The maximum Gasteiger partial charge on any atom is 0.256 e. The number of rotatable bonds is 5. The summed E-state index contributed by atoms with van der Waals surface area (Å²) in [6, 6.07) is 3.92. The van der Waals surface area contributed by atoms with Crippen LogP contribution in [0.15, 0.2) is 18.3 Å². The van der Waals surface area contributed by atoms with Gasteiger partial charge in [0.05, 0.1) is 0 Å². The van der Waals surface area contributed by atoms with Crippen molar-refractivity contribution in [2.45, 2.75) is 50.7 Å². The average Bonchev–Trinajstić information content (AvgIpc) is 2.62. The first-order valence-corrected chi connectivity index (χ1v) is 10.1. The van der Waals surface area contributed by atoms with Gasteiger partial charge in [-0.05, 0) is 68.1 Å². The van der Waals surface area contributed by atoms with Gasteiger partial charge in [0, 0.05) is 18.8 Å². The van der Waals surface area contributed by atoms with E-state index in [1.165, 1.54) is 0 Å². The monoisotopic (exact) mass is 349 g/mol. The number of pyridine rings is 1. The summed E-state index contributed by atoms with van der Waals surface area (Å²) in [5.74, 6) is 3.15. The molecule has 1 amide bonds. The van der Waals surface area contributed by atoms with Crippen molar-refractivity contribution < 1.29 is 9.53 Å². The normalized spacial score (nSPS) is 25.2. The Morgan fingerprint density at radius 3 is 2.75 bits per heavy atom. The van der Waals surface area contributed by atoms with E-state index in [2.05, 4.69) is 10.3 Å². The summed E-state index contributed by atoms with van der Waals surface area (Å²) in [6.45, 7) is 0.708. The lowest BCUT2D eigenvalue weighted by atomic mass is 9.86. The molecule has 0 aromatic carbocycles. The van der Waals surface area contributed by atoms with Crippen LogP contribution in [0.2, 0.25) is 0 Å². The van der Waals surface area contributed by atoms with Crippen LogP contribution in [0.1, 0.15) is 48.9 Å². The molecule has 1 saturated heterocycles. The molecule has 132 valence electrons. The first-order valence-electron chi connectivity index (χ1n) is 8.95. The zero-order valence-electron chi connectivity index (χ0n) is 14.1. The summed E-state index contributed by atoms with van der Waals surface area (Å²) in [6.07, 6.45) is 8.20. The molecule has 1 aliphatic heterocycles. The molecule has 24 heavy (non-hydrogen) atoms. The van der Waals surface area contributed by atoms with Gasteiger partial charge < -0.3 is 15.8 Å². The molecule has 1 aromatic rings. The highest BCUT2D eigenvalue weighted by molar-refractivity contribution is 7.99. The average molecular weight is 350 g/mol. The van der Waals surface area contributed by atoms with E-state index in [4.69, 9.17) is 10.5 Å². The Morgan fingerprint density at radius 1 is 1.25 bits per heavy atom. The minimum Gasteiger partial charge on any atom is -0.474 e. The molecular formula is C18H27N3O2S. The first-order chi connectivity index (χ1) is 11.7. The van der Waals surface area contributed by atoms with Crippen LogP contribution in [-0.2, 0) is 0 Å². The molecule has 3 N–H and O–H groups in total. The lowest BCUT2D eigenvalue weighted by molar-refractivity contribution is 0.0933. The molecule has 0 atom stereocenters. The molecule has 1 aliphatic carbocycles. The SMILES string of the molecule is NC1CCC(CNC(=O)c2cccnc2OC2CCSCC2)CC1. The number of hydrogen-bond acceptors (Lipinski definition) is 5. The van der Waals surface area contributed by atoms with Crippen molar-refractivity contribution in [2.75, 3.05) is 18.1 Å². The van der Waals surface area contributed by atoms with Crippen molar-refractivity contribution in [3.63, 3.8) is 0 Å². The third-order valence-electron chi connectivity index (χ3n) is 4.91. The van der Waals surface area contributed by atoms with Crippen molar-refractivity contribution in [1.29, 1.82) is 0 Å². The second-order valence-corrected chi connectivity index (χ2v) is 8.00. The fourth-order valence-electron chi connectivity index (χ4n) is 3.33. The highest BCUT2D eigenvalue weighted by atomic mass is 32.2. The Bertz CT molecular complexity index is 541. The van der Waals surface area contributed by atoms with E-state index < -0.39 is 0 Å². The van der Waals surface area contributed by atoms with Gasteiger partial charge in [-0.3, -0.25) is 4.79 Å². The highest BCUT2D eigenvalue weighted by Gasteiger charge is 2.22. The van der Waals surface area contributed by atoms with Gasteiger partial charge in [-0.25, -0.2) is 4.98 Å². The molecule has 1 saturated carbocycles. The van der Waals surface area contributed by atoms with E-state index in [9.17, 15) is 4.79 Å². The van der Waals surface area contributed by atoms with Crippen LogP contribution in [-0.4, -0.2) is 41.1 Å². The first kappa shape index (κ1) is 17.5. The summed E-state index contributed by atoms with van der Waals surface area (Å²) >= 11 is 1.96. The van der Waals surface area contributed by atoms with Gasteiger partial charge in [0.1, 0.15) is 11.7 Å². The van der Waals surface area contributed by atoms with Crippen LogP contribution in [0, 0.1) is 5.92 Å². The molecular weight excluding hydrogens is 322 g/mol. The smallest absolute Gasteiger partial charge is 0.256 e. The predicted octanol–water partition coefficient (Wildman–Crippen LogP) is 2.60. The van der Waals surface area contributed by atoms with Crippen LogP contribution in [0.25, 0.3) is 0 Å². The van der Waals surface area contributed by atoms with Crippen LogP contribution in [0.5, 0.6) is 5.88 Å². The number of nitrogens with two attached hydrogens (primary N) is 1. The maximum atomic E-state index is 12.6. The molecule has 1 aromatic heterocycles. The lowest BCUT2D eigenvalue weighted by Gasteiger charge is -2.26. The third-order valence-corrected chi connectivity index (χ3v) is 5.95. The Hall–Kier alpha value is -1.27. The molecule has 2 heterocycles. The fraction of sp³-hybridized carbons (Fsp3) is 0.667. The van der Waals surface area contributed by atoms with Gasteiger partial charge in [-0.15, -0.1) is 0 Å². The van der Waals surface area contributed by atoms with Crippen LogP contribution >= 0.6 is 11.8 Å². The Kier molecular flexibility index (Phi) is 6.37. The molecule has 6 heteroatoms. The molecule has 0 spiro atoms. The van der Waals surface area contributed by atoms with E-state index in [0.717, 1.165) is 50.0 Å². The molecule has 0 radical (unpaired) electrons. The minimum atomic E-state index is -0.0850. The van der Waals surface area contributed by atoms with E-state index in [1.807, 2.05) is 11.8 Å². The summed E-state index contributed by atoms with van der Waals surface area (Å²) < 4.78 is 6.01. The number of carbonyl (C=O) groups excluding carboxylic acids is 1. The molecule has 0 unspecified atom stereocenters. The molecule has 0 bridgehead atoms. The number of ether oxygens (including phenoxy) is 1. The molecule has 2 fully saturated rings. The van der Waals surface area contributed by atoms with E-state index in [-0.39, 0.29) is 12.0 Å². The Morgan fingerprint density at radius 2 is 2.00 bits per heavy atom. The highest BCUT2D eigenvalue weighted by Crippen LogP contribution is 2.25. The molecule has 3 rings (SSSR count). The van der Waals surface area contributed by atoms with Crippen LogP contribution in [0.4, 0.5) is 0 Å². The van der Waals surface area contributed by atoms with Crippen molar-refractivity contribution in [3.8, 4) is 5.88 Å². The third kappa shape index (κ3) is 4.86. The summed E-state index contributed by atoms with van der Waals surface area (Å²) in [5, 5.41) is 3.06. The second-order valence-electron chi connectivity index (χ2n) is 6.78. The molecule has 5 nitrogen and oxygen atoms in total. The van der Waals surface area contributed by atoms with E-state index in [1.54, 1.807) is 18.3 Å². The predicted molar refractivity (Wildman–Crippen MR) is 97.5 cm³/mol. The zero-order chi connectivity index (χ0) is 16.8. The minimum absolute atomic E-state index is 0.0850. The van der Waals surface area contributed by atoms with E-state index in [0.29, 0.717) is 29.9 Å². The number of aromatic nitrogens is 1.